The summed E-state index contributed by atoms with van der Waals surface area (Å²) in [6.45, 7) is 68.1. The Balaban J connectivity index is -0.00000128. The summed E-state index contributed by atoms with van der Waals surface area (Å²) < 4.78 is 8.41. The maximum Gasteiger partial charge on any atom is 0.135 e. The van der Waals surface area contributed by atoms with Gasteiger partial charge in [0.15, 0.2) is 0 Å². The zero-order chi connectivity index (χ0) is 93.9. The van der Waals surface area contributed by atoms with Gasteiger partial charge in [-0.1, -0.05) is 542 Å². The number of fused-ring (bicyclic) bond motifs is 7. The second-order valence-corrected chi connectivity index (χ2v) is 28.7. The molecule has 0 saturated heterocycles. The van der Waals surface area contributed by atoms with Crippen molar-refractivity contribution >= 4 is 64.2 Å². The van der Waals surface area contributed by atoms with E-state index in [1.807, 2.05) is 221 Å². The highest BCUT2D eigenvalue weighted by Crippen LogP contribution is 2.33. The van der Waals surface area contributed by atoms with E-state index in [9.17, 15) is 0 Å². The molecule has 0 bridgehead atoms. The molecule has 0 atom stereocenters. The number of hydrogen-bond donors (Lipinski definition) is 0. The molecule has 0 aliphatic carbocycles. The molecule has 1 nitrogen and oxygen atoms in total. The lowest BCUT2D eigenvalue weighted by Gasteiger charge is -2.18. The minimum absolute atomic E-state index is 0.293. The Labute approximate surface area is 762 Å². The van der Waals surface area contributed by atoms with Gasteiger partial charge in [0.25, 0.3) is 0 Å². The van der Waals surface area contributed by atoms with Gasteiger partial charge in [-0.3, -0.25) is 0 Å². The van der Waals surface area contributed by atoms with E-state index in [1.165, 1.54) is 125 Å². The molecule has 124 heavy (non-hydrogen) atoms. The van der Waals surface area contributed by atoms with Gasteiger partial charge < -0.3 is 4.42 Å². The van der Waals surface area contributed by atoms with Gasteiger partial charge in [-0.05, 0) is 168 Å². The fourth-order valence-corrected chi connectivity index (χ4v) is 12.2. The Morgan fingerprint density at radius 1 is 0.194 bits per heavy atom. The van der Waals surface area contributed by atoms with E-state index >= 15 is 0 Å². The van der Waals surface area contributed by atoms with E-state index < -0.39 is 0 Å². The summed E-state index contributed by atoms with van der Waals surface area (Å²) in [4.78, 5) is 0. The monoisotopic (exact) mass is 1680 g/mol. The summed E-state index contributed by atoms with van der Waals surface area (Å²) in [6.07, 6.45) is 0. The van der Waals surface area contributed by atoms with Crippen molar-refractivity contribution < 1.29 is 4.42 Å². The van der Waals surface area contributed by atoms with Crippen molar-refractivity contribution in [1.82, 2.24) is 0 Å². The maximum atomic E-state index is 5.65. The lowest BCUT2D eigenvalue weighted by atomic mass is 9.87. The Kier molecular flexibility index (Phi) is 70.9. The summed E-state index contributed by atoms with van der Waals surface area (Å²) in [6, 6.07) is 132. The number of aryl methyl sites for hydroxylation is 11. The molecule has 0 aliphatic heterocycles. The first-order valence-corrected chi connectivity index (χ1v) is 46.5. The average molecular weight is 1680 g/mol. The minimum atomic E-state index is 0.293. The standard InChI is InChI=1S/C12H8O.C12H8S.C12H10.C10H8.2C10H14.3C8H10.2C7H8.9C2H6/c2*1-3-7-11-9(5-1)10-6-2-4-8-12(10)13-11;1-3-7-11(8-4-1)12-9-5-2-6-10-12;1-2-6-10-8-4-3-7-9(10)5-1;1-7-5-8(2)10(4)9(3)6-7;1-10(2,3)9-7-5-4-6-8-9;1-7-3-5-8(2)6-4-7;1-7-4-3-5-8(2)6-7;1-7-5-3-4-6-8(7)2;2*1-7-5-3-2-4-6-7;9*1-2/h2*1-8H;1-10H;1-8H;5-6H,1-4H3;4-8H,1-3H3;3*3-6H,1-2H3;2*2-6H,1H3;9*1-2H3. The molecule has 17 rings (SSSR count). The highest BCUT2D eigenvalue weighted by molar-refractivity contribution is 7.25. The van der Waals surface area contributed by atoms with E-state index in [1.54, 1.807) is 0 Å². The average Bonchev–Trinajstić information content (AvgIpc) is 1.65. The normalized spacial score (nSPS) is 9.01. The smallest absolute Gasteiger partial charge is 0.135 e. The summed E-state index contributed by atoms with van der Waals surface area (Å²) in [5.74, 6) is 0. The number of rotatable bonds is 1. The van der Waals surface area contributed by atoms with Crippen LogP contribution < -0.4 is 0 Å². The van der Waals surface area contributed by atoms with E-state index in [0.29, 0.717) is 5.41 Å². The minimum Gasteiger partial charge on any atom is -0.456 e. The molecule has 17 aromatic rings. The topological polar surface area (TPSA) is 13.1 Å². The number of para-hydroxylation sites is 2. The van der Waals surface area contributed by atoms with Crippen molar-refractivity contribution in [2.24, 2.45) is 0 Å². The van der Waals surface area contributed by atoms with Crippen molar-refractivity contribution in [3.05, 3.63) is 455 Å². The molecule has 0 N–H and O–H groups in total. The molecule has 0 fully saturated rings. The van der Waals surface area contributed by atoms with Crippen LogP contribution in [0.2, 0.25) is 0 Å². The van der Waals surface area contributed by atoms with E-state index in [-0.39, 0.29) is 0 Å². The second-order valence-electron chi connectivity index (χ2n) is 27.6. The van der Waals surface area contributed by atoms with E-state index in [2.05, 4.69) is 401 Å². The van der Waals surface area contributed by atoms with Crippen LogP contribution in [0.3, 0.4) is 0 Å². The van der Waals surface area contributed by atoms with Gasteiger partial charge in [-0.25, -0.2) is 0 Å². The SMILES string of the molecule is CC.CC.CC.CC.CC.CC.CC.CC.CC.CC(C)(C)c1ccccc1.Cc1cc(C)c(C)c(C)c1.Cc1ccc(C)cc1.Cc1cccc(C)c1.Cc1ccccc1.Cc1ccccc1.Cc1ccccc1C.c1ccc(-c2ccccc2)cc1.c1ccc2c(c1)oc1ccccc12.c1ccc2c(c1)sc1ccccc12.c1ccc2ccccc2c1. The first kappa shape index (κ1) is 117. The van der Waals surface area contributed by atoms with Gasteiger partial charge in [0, 0.05) is 30.9 Å². The molecule has 0 saturated carbocycles. The van der Waals surface area contributed by atoms with Crippen LogP contribution in [-0.2, 0) is 5.41 Å². The molecule has 662 valence electrons. The third-order valence-electron chi connectivity index (χ3n) is 17.5. The van der Waals surface area contributed by atoms with Crippen LogP contribution in [-0.4, -0.2) is 0 Å². The predicted octanol–water partition coefficient (Wildman–Crippen LogP) is 39.9. The van der Waals surface area contributed by atoms with Crippen molar-refractivity contribution in [2.45, 2.75) is 234 Å². The Hall–Kier alpha value is -11.4. The third kappa shape index (κ3) is 49.6. The molecular formula is C122H162OS. The number of benzene rings is 15. The molecule has 0 amide bonds. The first-order chi connectivity index (χ1) is 60.2. The molecule has 2 aromatic heterocycles. The molecule has 0 aliphatic rings. The van der Waals surface area contributed by atoms with Crippen LogP contribution in [0.15, 0.2) is 387 Å². The van der Waals surface area contributed by atoms with Gasteiger partial charge in [-0.2, -0.15) is 0 Å². The van der Waals surface area contributed by atoms with Crippen LogP contribution >= 0.6 is 11.3 Å². The quantitative estimate of drug-likeness (QED) is 0.160. The summed E-state index contributed by atoms with van der Waals surface area (Å²) in [5, 5.41) is 7.76. The van der Waals surface area contributed by atoms with Crippen LogP contribution in [0, 0.1) is 83.1 Å². The zero-order valence-electron chi connectivity index (χ0n) is 83.2. The van der Waals surface area contributed by atoms with Crippen LogP contribution in [0.1, 0.15) is 218 Å². The Morgan fingerprint density at radius 2 is 0.435 bits per heavy atom. The first-order valence-electron chi connectivity index (χ1n) is 45.7. The Bertz CT molecular complexity index is 4830. The van der Waals surface area contributed by atoms with Crippen molar-refractivity contribution in [3.63, 3.8) is 0 Å². The molecule has 0 radical (unpaired) electrons. The lowest BCUT2D eigenvalue weighted by molar-refractivity contribution is 0.590. The summed E-state index contributed by atoms with van der Waals surface area (Å²) in [5.41, 5.74) is 22.5. The van der Waals surface area contributed by atoms with Gasteiger partial charge in [0.05, 0.1) is 0 Å². The fourth-order valence-electron chi connectivity index (χ4n) is 11.1. The van der Waals surface area contributed by atoms with Gasteiger partial charge in [-0.15, -0.1) is 11.3 Å². The van der Waals surface area contributed by atoms with Crippen LogP contribution in [0.25, 0.3) is 64.0 Å². The van der Waals surface area contributed by atoms with Crippen molar-refractivity contribution in [1.29, 1.82) is 0 Å². The zero-order valence-corrected chi connectivity index (χ0v) is 84.0. The number of furan rings is 1. The summed E-state index contributed by atoms with van der Waals surface area (Å²) >= 11 is 1.86. The fraction of sp³-hybridized carbons (Fsp3) is 0.279. The lowest BCUT2D eigenvalue weighted by Crippen LogP contribution is -2.10. The predicted molar refractivity (Wildman–Crippen MR) is 572 cm³/mol. The van der Waals surface area contributed by atoms with E-state index in [0.717, 1.165) is 11.2 Å². The molecule has 15 aromatic carbocycles. The van der Waals surface area contributed by atoms with Crippen molar-refractivity contribution in [2.75, 3.05) is 0 Å². The van der Waals surface area contributed by atoms with Crippen molar-refractivity contribution in [3.8, 4) is 11.1 Å². The Morgan fingerprint density at radius 3 is 0.702 bits per heavy atom. The second kappa shape index (κ2) is 75.3. The molecule has 0 spiro atoms. The maximum absolute atomic E-state index is 5.65. The summed E-state index contributed by atoms with van der Waals surface area (Å²) in [7, 11) is 0. The molecule has 2 heteroatoms. The largest absolute Gasteiger partial charge is 0.456 e. The molecule has 2 heterocycles. The van der Waals surface area contributed by atoms with Gasteiger partial charge in [0.2, 0.25) is 0 Å². The van der Waals surface area contributed by atoms with Crippen LogP contribution in [0.4, 0.5) is 0 Å². The number of thiophene rings is 1. The molecule has 0 unspecified atom stereocenters. The number of hydrogen-bond acceptors (Lipinski definition) is 2. The highest BCUT2D eigenvalue weighted by Gasteiger charge is 2.11. The third-order valence-corrected chi connectivity index (χ3v) is 18.7. The highest BCUT2D eigenvalue weighted by atomic mass is 32.1. The van der Waals surface area contributed by atoms with E-state index in [4.69, 9.17) is 4.42 Å². The van der Waals surface area contributed by atoms with Gasteiger partial charge >= 0.3 is 0 Å². The van der Waals surface area contributed by atoms with Crippen LogP contribution in [0.5, 0.6) is 0 Å². The molecular weight excluding hydrogens is 1510 g/mol. The van der Waals surface area contributed by atoms with Gasteiger partial charge in [0.1, 0.15) is 11.2 Å².